The Labute approximate surface area is 126 Å². The third kappa shape index (κ3) is 6.35. The molecule has 0 aliphatic carbocycles. The average molecular weight is 300 g/mol. The van der Waals surface area contributed by atoms with Gasteiger partial charge in [0, 0.05) is 6.42 Å². The van der Waals surface area contributed by atoms with E-state index < -0.39 is 23.1 Å². The van der Waals surface area contributed by atoms with Crippen molar-refractivity contribution in [1.82, 2.24) is 10.6 Å². The van der Waals surface area contributed by atoms with E-state index in [0.717, 1.165) is 0 Å². The summed E-state index contributed by atoms with van der Waals surface area (Å²) in [6, 6.07) is -0.839. The maximum Gasteiger partial charge on any atom is 0.320 e. The Morgan fingerprint density at radius 1 is 1.10 bits per heavy atom. The highest BCUT2D eigenvalue weighted by molar-refractivity contribution is 5.87. The number of ketones is 2. The van der Waals surface area contributed by atoms with Crippen molar-refractivity contribution in [1.29, 1.82) is 0 Å². The minimum atomic E-state index is -1.01. The lowest BCUT2D eigenvalue weighted by molar-refractivity contribution is -0.141. The van der Waals surface area contributed by atoms with Gasteiger partial charge in [-0.2, -0.15) is 0 Å². The lowest BCUT2D eigenvalue weighted by Crippen LogP contribution is -2.53. The van der Waals surface area contributed by atoms with Crippen LogP contribution in [0.15, 0.2) is 0 Å². The summed E-state index contributed by atoms with van der Waals surface area (Å²) in [5.74, 6) is -1.09. The molecule has 0 amide bonds. The molecule has 0 bridgehead atoms. The van der Waals surface area contributed by atoms with Crippen molar-refractivity contribution in [3.8, 4) is 0 Å². The predicted octanol–water partition coefficient (Wildman–Crippen LogP) is 1.13. The largest absolute Gasteiger partial charge is 0.480 e. The summed E-state index contributed by atoms with van der Waals surface area (Å²) in [7, 11) is 1.72. The van der Waals surface area contributed by atoms with Crippen molar-refractivity contribution in [2.24, 2.45) is 0 Å². The molecule has 0 rings (SSSR count). The number of nitrogens with one attached hydrogen (secondary N) is 2. The molecular formula is C15H28N2O4. The molecular weight excluding hydrogens is 272 g/mol. The second kappa shape index (κ2) is 7.66. The fourth-order valence-electron chi connectivity index (χ4n) is 1.71. The quantitative estimate of drug-likeness (QED) is 0.560. The Kier molecular flexibility index (Phi) is 7.19. The number of carboxylic acid groups (broad SMARTS) is 1. The van der Waals surface area contributed by atoms with Crippen LogP contribution in [0.1, 0.15) is 53.9 Å². The molecule has 0 heterocycles. The first-order valence-electron chi connectivity index (χ1n) is 7.18. The number of rotatable bonds is 10. The van der Waals surface area contributed by atoms with Gasteiger partial charge in [0.25, 0.3) is 0 Å². The van der Waals surface area contributed by atoms with E-state index in [9.17, 15) is 19.5 Å². The van der Waals surface area contributed by atoms with Crippen molar-refractivity contribution in [2.75, 3.05) is 7.05 Å². The maximum absolute atomic E-state index is 12.0. The summed E-state index contributed by atoms with van der Waals surface area (Å²) in [4.78, 5) is 34.7. The van der Waals surface area contributed by atoms with Gasteiger partial charge < -0.3 is 10.4 Å². The van der Waals surface area contributed by atoms with Crippen LogP contribution in [0.25, 0.3) is 0 Å². The van der Waals surface area contributed by atoms with E-state index in [1.54, 1.807) is 34.7 Å². The Hall–Kier alpha value is -1.27. The molecule has 0 saturated carbocycles. The second-order valence-electron chi connectivity index (χ2n) is 6.41. The van der Waals surface area contributed by atoms with Gasteiger partial charge in [0.1, 0.15) is 11.8 Å². The first kappa shape index (κ1) is 19.7. The van der Waals surface area contributed by atoms with Crippen molar-refractivity contribution in [3.05, 3.63) is 0 Å². The van der Waals surface area contributed by atoms with Crippen LogP contribution < -0.4 is 10.6 Å². The summed E-state index contributed by atoms with van der Waals surface area (Å²) in [6.07, 6.45) is 1.07. The van der Waals surface area contributed by atoms with Crippen LogP contribution in [0.2, 0.25) is 0 Å². The van der Waals surface area contributed by atoms with Gasteiger partial charge in [0.2, 0.25) is 0 Å². The van der Waals surface area contributed by atoms with Crippen LogP contribution in [-0.2, 0) is 14.4 Å². The van der Waals surface area contributed by atoms with Crippen molar-refractivity contribution >= 4 is 17.5 Å². The third-order valence-corrected chi connectivity index (χ3v) is 3.93. The van der Waals surface area contributed by atoms with E-state index in [0.29, 0.717) is 19.3 Å². The van der Waals surface area contributed by atoms with E-state index in [4.69, 9.17) is 0 Å². The Bertz CT molecular complexity index is 402. The van der Waals surface area contributed by atoms with Gasteiger partial charge in [-0.1, -0.05) is 0 Å². The van der Waals surface area contributed by atoms with Crippen molar-refractivity contribution < 1.29 is 19.5 Å². The SMILES string of the molecule is CNC(C)(C)C(=O)CCCC(NC(C)(C)C(C)=O)C(=O)O. The highest BCUT2D eigenvalue weighted by Crippen LogP contribution is 2.13. The first-order valence-corrected chi connectivity index (χ1v) is 7.18. The van der Waals surface area contributed by atoms with Crippen LogP contribution >= 0.6 is 0 Å². The standard InChI is InChI=1S/C15H28N2O4/c1-10(18)14(2,3)17-11(13(20)21)8-7-9-12(19)15(4,5)16-6/h11,16-17H,7-9H2,1-6H3,(H,20,21). The lowest BCUT2D eigenvalue weighted by atomic mass is 9.93. The molecule has 6 heteroatoms. The number of likely N-dealkylation sites (N-methyl/N-ethyl adjacent to an activating group) is 1. The van der Waals surface area contributed by atoms with Crippen LogP contribution in [0.4, 0.5) is 0 Å². The van der Waals surface area contributed by atoms with Crippen LogP contribution in [0, 0.1) is 0 Å². The number of hydrogen-bond acceptors (Lipinski definition) is 5. The first-order chi connectivity index (χ1) is 9.44. The minimum Gasteiger partial charge on any atom is -0.480 e. The van der Waals surface area contributed by atoms with Gasteiger partial charge in [-0.3, -0.25) is 19.7 Å². The highest BCUT2D eigenvalue weighted by atomic mass is 16.4. The Morgan fingerprint density at radius 3 is 2.00 bits per heavy atom. The summed E-state index contributed by atoms with van der Waals surface area (Å²) in [6.45, 7) is 8.31. The molecule has 0 aromatic carbocycles. The van der Waals surface area contributed by atoms with E-state index in [2.05, 4.69) is 10.6 Å². The molecule has 0 saturated heterocycles. The summed E-state index contributed by atoms with van der Waals surface area (Å²) in [5, 5.41) is 15.0. The van der Waals surface area contributed by atoms with E-state index in [1.165, 1.54) is 6.92 Å². The maximum atomic E-state index is 12.0. The smallest absolute Gasteiger partial charge is 0.320 e. The fraction of sp³-hybridized carbons (Fsp3) is 0.800. The molecule has 3 N–H and O–H groups in total. The highest BCUT2D eigenvalue weighted by Gasteiger charge is 2.30. The number of hydrogen-bond donors (Lipinski definition) is 3. The van der Waals surface area contributed by atoms with Gasteiger partial charge in [0.15, 0.2) is 5.78 Å². The van der Waals surface area contributed by atoms with E-state index in [-0.39, 0.29) is 11.6 Å². The van der Waals surface area contributed by atoms with Gasteiger partial charge in [-0.05, 0) is 54.5 Å². The molecule has 0 fully saturated rings. The van der Waals surface area contributed by atoms with Crippen LogP contribution in [-0.4, -0.2) is 46.8 Å². The molecule has 0 aliphatic heterocycles. The van der Waals surface area contributed by atoms with Crippen molar-refractivity contribution in [2.45, 2.75) is 71.0 Å². The monoisotopic (exact) mass is 300 g/mol. The average Bonchev–Trinajstić information content (AvgIpc) is 2.36. The van der Waals surface area contributed by atoms with Gasteiger partial charge in [-0.15, -0.1) is 0 Å². The van der Waals surface area contributed by atoms with E-state index in [1.807, 2.05) is 0 Å². The fourth-order valence-corrected chi connectivity index (χ4v) is 1.71. The molecule has 0 aromatic rings. The number of carbonyl (C=O) groups excluding carboxylic acids is 2. The van der Waals surface area contributed by atoms with E-state index >= 15 is 0 Å². The molecule has 6 nitrogen and oxygen atoms in total. The second-order valence-corrected chi connectivity index (χ2v) is 6.41. The normalized spacial score (nSPS) is 13.8. The predicted molar refractivity (Wildman–Crippen MR) is 81.3 cm³/mol. The van der Waals surface area contributed by atoms with Gasteiger partial charge in [0.05, 0.1) is 11.1 Å². The number of carbonyl (C=O) groups is 3. The zero-order valence-corrected chi connectivity index (χ0v) is 13.9. The van der Waals surface area contributed by atoms with Crippen LogP contribution in [0.5, 0.6) is 0 Å². The molecule has 21 heavy (non-hydrogen) atoms. The number of aliphatic carboxylic acids is 1. The van der Waals surface area contributed by atoms with Gasteiger partial charge in [-0.25, -0.2) is 0 Å². The molecule has 1 unspecified atom stereocenters. The zero-order chi connectivity index (χ0) is 16.8. The lowest BCUT2D eigenvalue weighted by Gasteiger charge is -2.28. The third-order valence-electron chi connectivity index (χ3n) is 3.93. The Morgan fingerprint density at radius 2 is 1.62 bits per heavy atom. The topological polar surface area (TPSA) is 95.5 Å². The van der Waals surface area contributed by atoms with Crippen LogP contribution in [0.3, 0.4) is 0 Å². The van der Waals surface area contributed by atoms with Crippen molar-refractivity contribution in [3.63, 3.8) is 0 Å². The van der Waals surface area contributed by atoms with Gasteiger partial charge >= 0.3 is 5.97 Å². The zero-order valence-electron chi connectivity index (χ0n) is 13.9. The molecule has 0 spiro atoms. The minimum absolute atomic E-state index is 0.0416. The molecule has 1 atom stereocenters. The molecule has 0 aliphatic rings. The summed E-state index contributed by atoms with van der Waals surface area (Å²) >= 11 is 0. The number of carboxylic acids is 1. The number of Topliss-reactive ketones (excluding diaryl/α,β-unsaturated/α-hetero) is 2. The summed E-state index contributed by atoms with van der Waals surface area (Å²) < 4.78 is 0. The summed E-state index contributed by atoms with van der Waals surface area (Å²) in [5.41, 5.74) is -1.50. The molecule has 0 radical (unpaired) electrons. The molecule has 122 valence electrons. The Balaban J connectivity index is 4.53. The molecule has 0 aromatic heterocycles.